The van der Waals surface area contributed by atoms with Gasteiger partial charge in [0.25, 0.3) is 17.5 Å². The number of benzene rings is 2. The van der Waals surface area contributed by atoms with Crippen LogP contribution in [0, 0.1) is 17.0 Å². The van der Waals surface area contributed by atoms with Crippen molar-refractivity contribution < 1.29 is 18.9 Å². The average Bonchev–Trinajstić information content (AvgIpc) is 3.26. The lowest BCUT2D eigenvalue weighted by Gasteiger charge is -2.11. The first-order chi connectivity index (χ1) is 14.4. The van der Waals surface area contributed by atoms with Gasteiger partial charge in [0.2, 0.25) is 0 Å². The molecule has 0 atom stereocenters. The third-order valence-corrected chi connectivity index (χ3v) is 4.20. The highest BCUT2D eigenvalue weighted by Crippen LogP contribution is 2.16. The molecule has 1 aromatic heterocycles. The summed E-state index contributed by atoms with van der Waals surface area (Å²) in [6.45, 7) is 2.02. The van der Waals surface area contributed by atoms with Gasteiger partial charge in [-0.1, -0.05) is 29.8 Å². The molecule has 0 saturated heterocycles. The van der Waals surface area contributed by atoms with Crippen molar-refractivity contribution in [1.82, 2.24) is 10.6 Å². The van der Waals surface area contributed by atoms with Crippen LogP contribution < -0.4 is 10.6 Å². The Morgan fingerprint density at radius 3 is 2.53 bits per heavy atom. The van der Waals surface area contributed by atoms with Crippen LogP contribution in [0.5, 0.6) is 0 Å². The Hall–Kier alpha value is -4.20. The zero-order chi connectivity index (χ0) is 21.5. The maximum atomic E-state index is 12.7. The summed E-state index contributed by atoms with van der Waals surface area (Å²) in [5.74, 6) is -0.485. The molecule has 3 aromatic rings. The molecule has 0 aliphatic rings. The Bertz CT molecular complexity index is 1090. The van der Waals surface area contributed by atoms with Gasteiger partial charge < -0.3 is 15.1 Å². The molecule has 3 rings (SSSR count). The summed E-state index contributed by atoms with van der Waals surface area (Å²) in [5.41, 5.74) is 1.60. The molecule has 0 aliphatic carbocycles. The number of nitrogens with zero attached hydrogens (tertiary/aromatic N) is 1. The first-order valence-corrected chi connectivity index (χ1v) is 9.07. The molecule has 0 spiro atoms. The van der Waals surface area contributed by atoms with E-state index in [-0.39, 0.29) is 17.9 Å². The molecule has 1 heterocycles. The lowest BCUT2D eigenvalue weighted by molar-refractivity contribution is -0.384. The molecule has 0 aliphatic heterocycles. The molecule has 2 aromatic carbocycles. The summed E-state index contributed by atoms with van der Waals surface area (Å²) < 4.78 is 5.19. The number of rotatable bonds is 7. The number of hydrogen-bond donors (Lipinski definition) is 2. The molecular formula is C22H19N3O5. The molecule has 0 bridgehead atoms. The van der Waals surface area contributed by atoms with Crippen molar-refractivity contribution in [3.05, 3.63) is 105 Å². The van der Waals surface area contributed by atoms with Crippen LogP contribution in [0.1, 0.15) is 27.2 Å². The number of aryl methyl sites for hydroxylation is 1. The third kappa shape index (κ3) is 5.41. The summed E-state index contributed by atoms with van der Waals surface area (Å²) in [6.07, 6.45) is 2.87. The molecule has 0 saturated carbocycles. The molecular weight excluding hydrogens is 386 g/mol. The third-order valence-electron chi connectivity index (χ3n) is 4.20. The highest BCUT2D eigenvalue weighted by atomic mass is 16.6. The largest absolute Gasteiger partial charge is 0.467 e. The number of carbonyl (C=O) groups is 2. The standard InChI is InChI=1S/C22H19N3O5/c1-15-7-9-17(10-8-15)21(26)24-20(22(27)23-14-19-6-3-11-30-19)13-16-4-2-5-18(12-16)25(28)29/h2-13H,14H2,1H3,(H,23,27)(H,24,26)/b20-13-. The van der Waals surface area contributed by atoms with E-state index in [9.17, 15) is 19.7 Å². The van der Waals surface area contributed by atoms with E-state index in [4.69, 9.17) is 4.42 Å². The van der Waals surface area contributed by atoms with Crippen LogP contribution in [0.25, 0.3) is 6.08 Å². The van der Waals surface area contributed by atoms with Crippen molar-refractivity contribution in [2.75, 3.05) is 0 Å². The van der Waals surface area contributed by atoms with Gasteiger partial charge in [-0.15, -0.1) is 0 Å². The molecule has 0 fully saturated rings. The van der Waals surface area contributed by atoms with Crippen molar-refractivity contribution in [2.24, 2.45) is 0 Å². The lowest BCUT2D eigenvalue weighted by atomic mass is 10.1. The van der Waals surface area contributed by atoms with Gasteiger partial charge in [-0.25, -0.2) is 0 Å². The molecule has 0 unspecified atom stereocenters. The zero-order valence-corrected chi connectivity index (χ0v) is 16.1. The summed E-state index contributed by atoms with van der Waals surface area (Å²) in [6, 6.07) is 16.0. The SMILES string of the molecule is Cc1ccc(C(=O)N/C(=C\c2cccc([N+](=O)[O-])c2)C(=O)NCc2ccco2)cc1. The van der Waals surface area contributed by atoms with E-state index in [1.807, 2.05) is 6.92 Å². The molecule has 30 heavy (non-hydrogen) atoms. The first-order valence-electron chi connectivity index (χ1n) is 9.07. The van der Waals surface area contributed by atoms with Gasteiger partial charge in [0.15, 0.2) is 0 Å². The van der Waals surface area contributed by atoms with Gasteiger partial charge in [-0.05, 0) is 42.8 Å². The minimum absolute atomic E-state index is 0.0485. The fourth-order valence-corrected chi connectivity index (χ4v) is 2.63. The first kappa shape index (κ1) is 20.5. The van der Waals surface area contributed by atoms with Crippen molar-refractivity contribution in [2.45, 2.75) is 13.5 Å². The summed E-state index contributed by atoms with van der Waals surface area (Å²) in [4.78, 5) is 35.8. The van der Waals surface area contributed by atoms with Crippen LogP contribution in [0.3, 0.4) is 0 Å². The highest BCUT2D eigenvalue weighted by molar-refractivity contribution is 6.05. The Morgan fingerprint density at radius 2 is 1.87 bits per heavy atom. The predicted molar refractivity (Wildman–Crippen MR) is 110 cm³/mol. The number of furan rings is 1. The van der Waals surface area contributed by atoms with Crippen LogP contribution in [0.4, 0.5) is 5.69 Å². The van der Waals surface area contributed by atoms with Crippen molar-refractivity contribution in [3.8, 4) is 0 Å². The van der Waals surface area contributed by atoms with Crippen molar-refractivity contribution in [3.63, 3.8) is 0 Å². The van der Waals surface area contributed by atoms with Crippen LogP contribution >= 0.6 is 0 Å². The second kappa shape index (κ2) is 9.33. The molecule has 8 heteroatoms. The van der Waals surface area contributed by atoms with Crippen LogP contribution in [0.15, 0.2) is 77.0 Å². The maximum Gasteiger partial charge on any atom is 0.270 e. The quantitative estimate of drug-likeness (QED) is 0.354. The average molecular weight is 405 g/mol. The van der Waals surface area contributed by atoms with Crippen LogP contribution in [0.2, 0.25) is 0 Å². The predicted octanol–water partition coefficient (Wildman–Crippen LogP) is 3.58. The van der Waals surface area contributed by atoms with Crippen LogP contribution in [-0.4, -0.2) is 16.7 Å². The van der Waals surface area contributed by atoms with Gasteiger partial charge in [0.1, 0.15) is 11.5 Å². The van der Waals surface area contributed by atoms with Gasteiger partial charge >= 0.3 is 0 Å². The minimum atomic E-state index is -0.557. The van der Waals surface area contributed by atoms with E-state index in [0.29, 0.717) is 16.9 Å². The van der Waals surface area contributed by atoms with Gasteiger partial charge in [-0.3, -0.25) is 19.7 Å². The van der Waals surface area contributed by atoms with Gasteiger partial charge in [-0.2, -0.15) is 0 Å². The summed E-state index contributed by atoms with van der Waals surface area (Å²) in [5, 5.41) is 16.3. The fraction of sp³-hybridized carbons (Fsp3) is 0.0909. The number of carbonyl (C=O) groups excluding carboxylic acids is 2. The molecule has 8 nitrogen and oxygen atoms in total. The number of nitro groups is 1. The number of nitro benzene ring substituents is 1. The Balaban J connectivity index is 1.86. The fourth-order valence-electron chi connectivity index (χ4n) is 2.63. The van der Waals surface area contributed by atoms with E-state index in [0.717, 1.165) is 5.56 Å². The Morgan fingerprint density at radius 1 is 1.10 bits per heavy atom. The monoisotopic (exact) mass is 405 g/mol. The Kier molecular flexibility index (Phi) is 6.39. The Labute approximate surface area is 172 Å². The van der Waals surface area contributed by atoms with E-state index in [1.165, 1.54) is 30.5 Å². The van der Waals surface area contributed by atoms with Crippen molar-refractivity contribution >= 4 is 23.6 Å². The second-order valence-electron chi connectivity index (χ2n) is 6.49. The number of amides is 2. The van der Waals surface area contributed by atoms with E-state index in [2.05, 4.69) is 10.6 Å². The topological polar surface area (TPSA) is 114 Å². The van der Waals surface area contributed by atoms with Gasteiger partial charge in [0.05, 0.1) is 17.7 Å². The number of hydrogen-bond acceptors (Lipinski definition) is 5. The minimum Gasteiger partial charge on any atom is -0.467 e. The summed E-state index contributed by atoms with van der Waals surface area (Å²) >= 11 is 0. The van der Waals surface area contributed by atoms with E-state index >= 15 is 0 Å². The lowest BCUT2D eigenvalue weighted by Crippen LogP contribution is -2.34. The molecule has 152 valence electrons. The van der Waals surface area contributed by atoms with Crippen molar-refractivity contribution in [1.29, 1.82) is 0 Å². The smallest absolute Gasteiger partial charge is 0.270 e. The summed E-state index contributed by atoms with van der Waals surface area (Å²) in [7, 11) is 0. The van der Waals surface area contributed by atoms with E-state index in [1.54, 1.807) is 42.5 Å². The highest BCUT2D eigenvalue weighted by Gasteiger charge is 2.16. The van der Waals surface area contributed by atoms with Gasteiger partial charge in [0, 0.05) is 17.7 Å². The van der Waals surface area contributed by atoms with E-state index < -0.39 is 16.7 Å². The molecule has 2 N–H and O–H groups in total. The zero-order valence-electron chi connectivity index (χ0n) is 16.1. The number of non-ortho nitro benzene ring substituents is 1. The normalized spacial score (nSPS) is 11.0. The maximum absolute atomic E-state index is 12.7. The molecule has 0 radical (unpaired) electrons. The second-order valence-corrected chi connectivity index (χ2v) is 6.49. The van der Waals surface area contributed by atoms with Crippen LogP contribution in [-0.2, 0) is 11.3 Å². The molecule has 2 amide bonds. The number of nitrogens with one attached hydrogen (secondary N) is 2.